The van der Waals surface area contributed by atoms with E-state index in [-0.39, 0.29) is 24.3 Å². The third kappa shape index (κ3) is 6.90. The lowest BCUT2D eigenvalue weighted by atomic mass is 10.1. The third-order valence-corrected chi connectivity index (χ3v) is 2.04. The number of carbonyl (C=O) groups is 2. The summed E-state index contributed by atoms with van der Waals surface area (Å²) in [7, 11) is 0. The summed E-state index contributed by atoms with van der Waals surface area (Å²) in [5.41, 5.74) is 5.33. The highest BCUT2D eigenvalue weighted by Crippen LogP contribution is 1.98. The molecule has 0 aromatic rings. The molecule has 4 N–H and O–H groups in total. The van der Waals surface area contributed by atoms with Crippen LogP contribution in [0.5, 0.6) is 0 Å². The van der Waals surface area contributed by atoms with Crippen molar-refractivity contribution in [2.24, 2.45) is 11.7 Å². The fraction of sp³-hybridized carbons (Fsp3) is 0.800. The lowest BCUT2D eigenvalue weighted by Crippen LogP contribution is -2.39. The van der Waals surface area contributed by atoms with Crippen molar-refractivity contribution >= 4 is 11.8 Å². The topological polar surface area (TPSA) is 84.2 Å². The molecule has 2 amide bonds. The number of amides is 2. The maximum atomic E-state index is 11.4. The molecule has 0 fully saturated rings. The van der Waals surface area contributed by atoms with Crippen LogP contribution in [-0.4, -0.2) is 31.4 Å². The Bertz CT molecular complexity index is 207. The normalized spacial score (nSPS) is 11.9. The van der Waals surface area contributed by atoms with Crippen molar-refractivity contribution in [3.63, 3.8) is 0 Å². The van der Waals surface area contributed by atoms with Crippen molar-refractivity contribution in [1.29, 1.82) is 0 Å². The quantitative estimate of drug-likeness (QED) is 0.541. The summed E-state index contributed by atoms with van der Waals surface area (Å²) in [6, 6.07) is 0. The van der Waals surface area contributed by atoms with E-state index in [1.807, 2.05) is 6.92 Å². The summed E-state index contributed by atoms with van der Waals surface area (Å²) in [4.78, 5) is 22.5. The minimum atomic E-state index is -0.148. The van der Waals surface area contributed by atoms with E-state index >= 15 is 0 Å². The molecule has 0 aliphatic rings. The average Bonchev–Trinajstić information content (AvgIpc) is 2.23. The smallest absolute Gasteiger partial charge is 0.239 e. The van der Waals surface area contributed by atoms with Crippen molar-refractivity contribution in [2.75, 3.05) is 19.6 Å². The van der Waals surface area contributed by atoms with Crippen LogP contribution in [0.15, 0.2) is 0 Å². The van der Waals surface area contributed by atoms with Gasteiger partial charge in [0, 0.05) is 12.5 Å². The Labute approximate surface area is 90.8 Å². The number of hydrogen-bond donors (Lipinski definition) is 3. The van der Waals surface area contributed by atoms with Crippen molar-refractivity contribution in [3.05, 3.63) is 0 Å². The molecule has 0 radical (unpaired) electrons. The summed E-state index contributed by atoms with van der Waals surface area (Å²) in [6.45, 7) is 4.95. The largest absolute Gasteiger partial charge is 0.355 e. The lowest BCUT2D eigenvalue weighted by molar-refractivity contribution is -0.128. The first-order valence-electron chi connectivity index (χ1n) is 5.36. The number of hydrogen-bond acceptors (Lipinski definition) is 3. The third-order valence-electron chi connectivity index (χ3n) is 2.04. The molecule has 1 atom stereocenters. The summed E-state index contributed by atoms with van der Waals surface area (Å²) < 4.78 is 0. The first kappa shape index (κ1) is 13.9. The highest BCUT2D eigenvalue weighted by molar-refractivity contribution is 5.85. The van der Waals surface area contributed by atoms with Gasteiger partial charge in [0.2, 0.25) is 11.8 Å². The number of rotatable bonds is 7. The molecular formula is C10H21N3O2. The molecule has 1 unspecified atom stereocenters. The molecule has 15 heavy (non-hydrogen) atoms. The summed E-state index contributed by atoms with van der Waals surface area (Å²) in [5.74, 6) is -0.397. The second kappa shape index (κ2) is 8.23. The molecule has 0 aromatic carbocycles. The van der Waals surface area contributed by atoms with Crippen LogP contribution in [0.3, 0.4) is 0 Å². The minimum absolute atomic E-state index is 0.0493. The lowest BCUT2D eigenvalue weighted by Gasteiger charge is -2.10. The predicted molar refractivity (Wildman–Crippen MR) is 59.1 cm³/mol. The molecule has 0 aliphatic carbocycles. The van der Waals surface area contributed by atoms with E-state index in [1.165, 1.54) is 0 Å². The Hall–Kier alpha value is -1.10. The van der Waals surface area contributed by atoms with Crippen molar-refractivity contribution in [2.45, 2.75) is 26.7 Å². The summed E-state index contributed by atoms with van der Waals surface area (Å²) in [6.07, 6.45) is 1.53. The fourth-order valence-electron chi connectivity index (χ4n) is 1.05. The van der Waals surface area contributed by atoms with Gasteiger partial charge in [-0.15, -0.1) is 0 Å². The molecule has 0 aromatic heterocycles. The predicted octanol–water partition coefficient (Wildman–Crippen LogP) is -0.386. The van der Waals surface area contributed by atoms with Gasteiger partial charge in [0.1, 0.15) is 0 Å². The van der Waals surface area contributed by atoms with Crippen LogP contribution in [0, 0.1) is 5.92 Å². The van der Waals surface area contributed by atoms with Crippen molar-refractivity contribution < 1.29 is 9.59 Å². The maximum absolute atomic E-state index is 11.4. The molecule has 0 saturated heterocycles. The first-order valence-corrected chi connectivity index (χ1v) is 5.36. The maximum Gasteiger partial charge on any atom is 0.239 e. The van der Waals surface area contributed by atoms with Crippen LogP contribution in [0.1, 0.15) is 26.7 Å². The minimum Gasteiger partial charge on any atom is -0.355 e. The van der Waals surface area contributed by atoms with Crippen LogP contribution in [0.25, 0.3) is 0 Å². The average molecular weight is 215 g/mol. The van der Waals surface area contributed by atoms with Crippen LogP contribution in [0.2, 0.25) is 0 Å². The zero-order valence-electron chi connectivity index (χ0n) is 9.51. The molecule has 0 aliphatic heterocycles. The molecule has 5 heteroatoms. The summed E-state index contributed by atoms with van der Waals surface area (Å²) in [5, 5.41) is 5.25. The van der Waals surface area contributed by atoms with Gasteiger partial charge in [-0.1, -0.05) is 13.8 Å². The van der Waals surface area contributed by atoms with Crippen LogP contribution in [0.4, 0.5) is 0 Å². The van der Waals surface area contributed by atoms with E-state index in [0.29, 0.717) is 19.5 Å². The highest BCUT2D eigenvalue weighted by Gasteiger charge is 2.12. The van der Waals surface area contributed by atoms with Gasteiger partial charge in [-0.2, -0.15) is 0 Å². The van der Waals surface area contributed by atoms with Gasteiger partial charge in [-0.3, -0.25) is 9.59 Å². The molecule has 0 saturated carbocycles. The van der Waals surface area contributed by atoms with Gasteiger partial charge in [-0.05, 0) is 19.4 Å². The second-order valence-corrected chi connectivity index (χ2v) is 3.55. The van der Waals surface area contributed by atoms with E-state index in [0.717, 1.165) is 6.42 Å². The van der Waals surface area contributed by atoms with E-state index in [9.17, 15) is 9.59 Å². The molecule has 88 valence electrons. The van der Waals surface area contributed by atoms with Crippen molar-refractivity contribution in [3.8, 4) is 0 Å². The monoisotopic (exact) mass is 215 g/mol. The van der Waals surface area contributed by atoms with Gasteiger partial charge in [0.25, 0.3) is 0 Å². The van der Waals surface area contributed by atoms with E-state index in [1.54, 1.807) is 6.92 Å². The number of nitrogens with two attached hydrogens (primary N) is 1. The first-order chi connectivity index (χ1) is 7.11. The van der Waals surface area contributed by atoms with Gasteiger partial charge in [0.15, 0.2) is 0 Å². The number of carbonyl (C=O) groups excluding carboxylic acids is 2. The molecule has 0 heterocycles. The highest BCUT2D eigenvalue weighted by atomic mass is 16.2. The van der Waals surface area contributed by atoms with E-state index < -0.39 is 0 Å². The van der Waals surface area contributed by atoms with Gasteiger partial charge >= 0.3 is 0 Å². The Morgan fingerprint density at radius 1 is 1.33 bits per heavy atom. The summed E-state index contributed by atoms with van der Waals surface area (Å²) >= 11 is 0. The molecule has 0 bridgehead atoms. The molecule has 5 nitrogen and oxygen atoms in total. The van der Waals surface area contributed by atoms with Crippen LogP contribution < -0.4 is 16.4 Å². The Morgan fingerprint density at radius 3 is 2.53 bits per heavy atom. The zero-order valence-corrected chi connectivity index (χ0v) is 9.51. The second-order valence-electron chi connectivity index (χ2n) is 3.55. The van der Waals surface area contributed by atoms with E-state index in [2.05, 4.69) is 10.6 Å². The van der Waals surface area contributed by atoms with E-state index in [4.69, 9.17) is 5.73 Å². The van der Waals surface area contributed by atoms with Crippen LogP contribution >= 0.6 is 0 Å². The molecule has 0 spiro atoms. The Kier molecular flexibility index (Phi) is 7.62. The Morgan fingerprint density at radius 2 is 2.00 bits per heavy atom. The van der Waals surface area contributed by atoms with Gasteiger partial charge in [-0.25, -0.2) is 0 Å². The Balaban J connectivity index is 3.65. The van der Waals surface area contributed by atoms with Crippen LogP contribution in [-0.2, 0) is 9.59 Å². The SMILES string of the molecule is CCCNC(=O)CNC(=O)C(C)CCN. The van der Waals surface area contributed by atoms with Gasteiger partial charge in [0.05, 0.1) is 6.54 Å². The fourth-order valence-corrected chi connectivity index (χ4v) is 1.05. The molecule has 0 rings (SSSR count). The van der Waals surface area contributed by atoms with Crippen molar-refractivity contribution in [1.82, 2.24) is 10.6 Å². The van der Waals surface area contributed by atoms with Gasteiger partial charge < -0.3 is 16.4 Å². The standard InChI is InChI=1S/C10H21N3O2/c1-3-6-12-9(14)7-13-10(15)8(2)4-5-11/h8H,3-7,11H2,1-2H3,(H,12,14)(H,13,15). The number of nitrogens with one attached hydrogen (secondary N) is 2. The zero-order chi connectivity index (χ0) is 11.7. The molecular weight excluding hydrogens is 194 g/mol.